The predicted octanol–water partition coefficient (Wildman–Crippen LogP) is 3.54. The Morgan fingerprint density at radius 2 is 1.80 bits per heavy atom. The number of rotatable bonds is 2. The van der Waals surface area contributed by atoms with E-state index >= 15 is 0 Å². The first-order chi connectivity index (χ1) is 9.38. The SMILES string of the molecule is O=C(Nc1ccc(F)nc1F)c1cc(F)c(Cl)cc1F. The van der Waals surface area contributed by atoms with Crippen molar-refractivity contribution in [2.24, 2.45) is 0 Å². The molecule has 0 aliphatic heterocycles. The molecule has 0 bridgehead atoms. The zero-order valence-corrected chi connectivity index (χ0v) is 10.3. The Labute approximate surface area is 115 Å². The van der Waals surface area contributed by atoms with Crippen molar-refractivity contribution in [2.45, 2.75) is 0 Å². The summed E-state index contributed by atoms with van der Waals surface area (Å²) < 4.78 is 52.4. The van der Waals surface area contributed by atoms with Crippen LogP contribution in [0.15, 0.2) is 24.3 Å². The van der Waals surface area contributed by atoms with Gasteiger partial charge in [-0.1, -0.05) is 11.6 Å². The summed E-state index contributed by atoms with van der Waals surface area (Å²) in [5.74, 6) is -5.57. The van der Waals surface area contributed by atoms with Gasteiger partial charge in [-0.15, -0.1) is 0 Å². The van der Waals surface area contributed by atoms with Crippen LogP contribution in [0.1, 0.15) is 10.4 Å². The zero-order valence-electron chi connectivity index (χ0n) is 9.55. The first-order valence-electron chi connectivity index (χ1n) is 5.16. The summed E-state index contributed by atoms with van der Waals surface area (Å²) in [5, 5.41) is 1.46. The van der Waals surface area contributed by atoms with Gasteiger partial charge < -0.3 is 5.32 Å². The molecule has 1 aromatic carbocycles. The Morgan fingerprint density at radius 1 is 1.10 bits per heavy atom. The van der Waals surface area contributed by atoms with Gasteiger partial charge >= 0.3 is 0 Å². The number of hydrogen-bond donors (Lipinski definition) is 1. The van der Waals surface area contributed by atoms with E-state index in [9.17, 15) is 22.4 Å². The number of nitrogens with zero attached hydrogens (tertiary/aromatic N) is 1. The summed E-state index contributed by atoms with van der Waals surface area (Å²) in [6.45, 7) is 0. The standard InChI is InChI=1S/C12H5ClF4N2O/c13-6-4-7(14)5(3-8(6)15)12(20)18-9-1-2-10(16)19-11(9)17/h1-4H,(H,18,20). The molecule has 0 spiro atoms. The third-order valence-corrected chi connectivity index (χ3v) is 2.61. The van der Waals surface area contributed by atoms with Crippen molar-refractivity contribution in [3.05, 3.63) is 58.4 Å². The summed E-state index contributed by atoms with van der Waals surface area (Å²) in [4.78, 5) is 14.5. The zero-order chi connectivity index (χ0) is 14.9. The number of anilines is 1. The first-order valence-corrected chi connectivity index (χ1v) is 5.54. The van der Waals surface area contributed by atoms with E-state index in [1.807, 2.05) is 5.32 Å². The normalized spacial score (nSPS) is 10.4. The quantitative estimate of drug-likeness (QED) is 0.524. The van der Waals surface area contributed by atoms with Gasteiger partial charge in [0.25, 0.3) is 5.91 Å². The Kier molecular flexibility index (Phi) is 3.89. The molecule has 2 aromatic rings. The second kappa shape index (κ2) is 5.46. The number of aromatic nitrogens is 1. The molecule has 0 saturated carbocycles. The highest BCUT2D eigenvalue weighted by molar-refractivity contribution is 6.30. The van der Waals surface area contributed by atoms with Crippen molar-refractivity contribution in [3.63, 3.8) is 0 Å². The molecule has 0 radical (unpaired) electrons. The largest absolute Gasteiger partial charge is 0.318 e. The predicted molar refractivity (Wildman–Crippen MR) is 63.5 cm³/mol. The number of pyridine rings is 1. The van der Waals surface area contributed by atoms with Crippen molar-refractivity contribution in [3.8, 4) is 0 Å². The summed E-state index contributed by atoms with van der Waals surface area (Å²) in [6, 6.07) is 2.89. The van der Waals surface area contributed by atoms with Crippen LogP contribution in [0.4, 0.5) is 23.2 Å². The molecule has 1 N–H and O–H groups in total. The smallest absolute Gasteiger partial charge is 0.258 e. The maximum atomic E-state index is 13.5. The molecule has 0 aliphatic carbocycles. The van der Waals surface area contributed by atoms with Crippen LogP contribution in [0.25, 0.3) is 0 Å². The average Bonchev–Trinajstić information content (AvgIpc) is 2.37. The lowest BCUT2D eigenvalue weighted by Gasteiger charge is -2.07. The molecule has 20 heavy (non-hydrogen) atoms. The van der Waals surface area contributed by atoms with E-state index in [2.05, 4.69) is 4.98 Å². The summed E-state index contributed by atoms with van der Waals surface area (Å²) in [7, 11) is 0. The molecule has 104 valence electrons. The number of nitrogens with one attached hydrogen (secondary N) is 1. The molecule has 8 heteroatoms. The summed E-state index contributed by atoms with van der Waals surface area (Å²) >= 11 is 5.34. The topological polar surface area (TPSA) is 42.0 Å². The molecular weight excluding hydrogens is 300 g/mol. The van der Waals surface area contributed by atoms with Crippen molar-refractivity contribution in [1.82, 2.24) is 4.98 Å². The van der Waals surface area contributed by atoms with Crippen LogP contribution in [0.3, 0.4) is 0 Å². The minimum Gasteiger partial charge on any atom is -0.318 e. The molecule has 3 nitrogen and oxygen atoms in total. The van der Waals surface area contributed by atoms with E-state index in [0.717, 1.165) is 12.1 Å². The molecule has 0 fully saturated rings. The van der Waals surface area contributed by atoms with Crippen LogP contribution in [0.5, 0.6) is 0 Å². The number of carbonyl (C=O) groups is 1. The van der Waals surface area contributed by atoms with Crippen LogP contribution >= 0.6 is 11.6 Å². The fraction of sp³-hybridized carbons (Fsp3) is 0. The van der Waals surface area contributed by atoms with Crippen LogP contribution in [-0.2, 0) is 0 Å². The minimum absolute atomic E-state index is 0.467. The summed E-state index contributed by atoms with van der Waals surface area (Å²) in [5.41, 5.74) is -1.14. The number of carbonyl (C=O) groups excluding carboxylic acids is 1. The van der Waals surface area contributed by atoms with Crippen molar-refractivity contribution < 1.29 is 22.4 Å². The number of hydrogen-bond acceptors (Lipinski definition) is 2. The van der Waals surface area contributed by atoms with E-state index in [1.165, 1.54) is 0 Å². The van der Waals surface area contributed by atoms with E-state index < -0.39 is 45.7 Å². The van der Waals surface area contributed by atoms with Crippen molar-refractivity contribution >= 4 is 23.2 Å². The van der Waals surface area contributed by atoms with Gasteiger partial charge in [-0.2, -0.15) is 13.8 Å². The lowest BCUT2D eigenvalue weighted by molar-refractivity contribution is 0.102. The molecule has 1 amide bonds. The van der Waals surface area contributed by atoms with E-state index in [1.54, 1.807) is 0 Å². The van der Waals surface area contributed by atoms with Crippen LogP contribution in [0.2, 0.25) is 5.02 Å². The molecule has 0 atom stereocenters. The van der Waals surface area contributed by atoms with Gasteiger partial charge in [0.2, 0.25) is 11.9 Å². The fourth-order valence-electron chi connectivity index (χ4n) is 1.39. The van der Waals surface area contributed by atoms with E-state index in [4.69, 9.17) is 11.6 Å². The van der Waals surface area contributed by atoms with Gasteiger partial charge in [0.05, 0.1) is 16.3 Å². The fourth-order valence-corrected chi connectivity index (χ4v) is 1.54. The maximum Gasteiger partial charge on any atom is 0.258 e. The Bertz CT molecular complexity index is 693. The second-order valence-corrected chi connectivity index (χ2v) is 4.08. The molecule has 2 rings (SSSR count). The lowest BCUT2D eigenvalue weighted by Crippen LogP contribution is -2.15. The molecule has 0 unspecified atom stereocenters. The van der Waals surface area contributed by atoms with Gasteiger partial charge in [0, 0.05) is 0 Å². The minimum atomic E-state index is -1.28. The number of amides is 1. The highest BCUT2D eigenvalue weighted by Gasteiger charge is 2.17. The molecule has 1 aromatic heterocycles. The Morgan fingerprint density at radius 3 is 2.45 bits per heavy atom. The Hall–Kier alpha value is -2.15. The van der Waals surface area contributed by atoms with Crippen LogP contribution in [-0.4, -0.2) is 10.9 Å². The van der Waals surface area contributed by atoms with Crippen LogP contribution < -0.4 is 5.32 Å². The Balaban J connectivity index is 2.31. The number of halogens is 5. The second-order valence-electron chi connectivity index (χ2n) is 3.67. The summed E-state index contributed by atoms with van der Waals surface area (Å²) in [6.07, 6.45) is 0. The van der Waals surface area contributed by atoms with Gasteiger partial charge in [0.15, 0.2) is 0 Å². The third kappa shape index (κ3) is 2.88. The van der Waals surface area contributed by atoms with E-state index in [0.29, 0.717) is 12.1 Å². The van der Waals surface area contributed by atoms with Gasteiger partial charge in [-0.3, -0.25) is 4.79 Å². The first kappa shape index (κ1) is 14.3. The highest BCUT2D eigenvalue weighted by Crippen LogP contribution is 2.21. The molecule has 0 aliphatic rings. The van der Waals surface area contributed by atoms with Gasteiger partial charge in [0.1, 0.15) is 11.6 Å². The van der Waals surface area contributed by atoms with Crippen LogP contribution in [0, 0.1) is 23.5 Å². The van der Waals surface area contributed by atoms with Gasteiger partial charge in [-0.05, 0) is 24.3 Å². The molecule has 0 saturated heterocycles. The monoisotopic (exact) mass is 304 g/mol. The highest BCUT2D eigenvalue weighted by atomic mass is 35.5. The van der Waals surface area contributed by atoms with E-state index in [-0.39, 0.29) is 0 Å². The average molecular weight is 305 g/mol. The lowest BCUT2D eigenvalue weighted by atomic mass is 10.2. The maximum absolute atomic E-state index is 13.5. The van der Waals surface area contributed by atoms with Gasteiger partial charge in [-0.25, -0.2) is 8.78 Å². The van der Waals surface area contributed by atoms with Crippen molar-refractivity contribution in [1.29, 1.82) is 0 Å². The number of benzene rings is 1. The van der Waals surface area contributed by atoms with Crippen molar-refractivity contribution in [2.75, 3.05) is 5.32 Å². The molecule has 1 heterocycles. The molecular formula is C12H5ClF4N2O. The third-order valence-electron chi connectivity index (χ3n) is 2.32.